The molecule has 0 amide bonds. The minimum absolute atomic E-state index is 0.169. The third kappa shape index (κ3) is 3.15. The summed E-state index contributed by atoms with van der Waals surface area (Å²) in [5.41, 5.74) is 6.77. The van der Waals surface area contributed by atoms with Gasteiger partial charge in [0.05, 0.1) is 10.6 Å². The molecule has 0 radical (unpaired) electrons. The van der Waals surface area contributed by atoms with Gasteiger partial charge in [-0.2, -0.15) is 5.26 Å². The van der Waals surface area contributed by atoms with Crippen LogP contribution in [-0.2, 0) is 15.6 Å². The number of rotatable bonds is 3. The Morgan fingerprint density at radius 3 is 2.70 bits per heavy atom. The number of halogens is 1. The van der Waals surface area contributed by atoms with Crippen molar-refractivity contribution < 1.29 is 8.42 Å². The van der Waals surface area contributed by atoms with Crippen molar-refractivity contribution in [2.75, 3.05) is 5.73 Å². The fourth-order valence-electron chi connectivity index (χ4n) is 1.69. The first-order valence-electron chi connectivity index (χ1n) is 5.55. The number of nitrogens with two attached hydrogens (primary N) is 1. The molecule has 102 valence electrons. The van der Waals surface area contributed by atoms with Gasteiger partial charge in [-0.05, 0) is 51.8 Å². The molecule has 0 unspecified atom stereocenters. The van der Waals surface area contributed by atoms with Crippen LogP contribution in [0.4, 0.5) is 5.69 Å². The van der Waals surface area contributed by atoms with E-state index >= 15 is 0 Å². The zero-order valence-electron chi connectivity index (χ0n) is 10.2. The number of benzene rings is 1. The molecule has 0 saturated heterocycles. The molecule has 2 aromatic rings. The summed E-state index contributed by atoms with van der Waals surface area (Å²) in [5.74, 6) is -0.202. The second-order valence-corrected chi connectivity index (χ2v) is 6.92. The maximum atomic E-state index is 12.4. The average Bonchev–Trinajstić information content (AvgIpc) is 2.37. The zero-order chi connectivity index (χ0) is 14.8. The Hall–Kier alpha value is -1.91. The Morgan fingerprint density at radius 2 is 2.05 bits per heavy atom. The van der Waals surface area contributed by atoms with Gasteiger partial charge in [0.1, 0.15) is 11.8 Å². The molecule has 0 aliphatic heterocycles. The fourth-order valence-corrected chi connectivity index (χ4v) is 4.23. The molecule has 0 aliphatic rings. The largest absolute Gasteiger partial charge is 0.399 e. The molecular weight excluding hydrogens is 342 g/mol. The number of nitrogen functional groups attached to an aromatic ring is 1. The highest BCUT2D eigenvalue weighted by molar-refractivity contribution is 9.10. The van der Waals surface area contributed by atoms with Crippen LogP contribution in [0.15, 0.2) is 45.9 Å². The van der Waals surface area contributed by atoms with E-state index in [4.69, 9.17) is 11.0 Å². The van der Waals surface area contributed by atoms with Gasteiger partial charge < -0.3 is 5.73 Å². The van der Waals surface area contributed by atoms with Crippen molar-refractivity contribution in [2.45, 2.75) is 10.6 Å². The van der Waals surface area contributed by atoms with Crippen LogP contribution in [0.1, 0.15) is 11.3 Å². The van der Waals surface area contributed by atoms with E-state index in [1.54, 1.807) is 12.1 Å². The molecule has 1 aromatic carbocycles. The lowest BCUT2D eigenvalue weighted by molar-refractivity contribution is 0.595. The second kappa shape index (κ2) is 5.61. The molecule has 0 spiro atoms. The monoisotopic (exact) mass is 351 g/mol. The van der Waals surface area contributed by atoms with E-state index in [1.165, 1.54) is 24.4 Å². The molecule has 0 bridgehead atoms. The number of pyridine rings is 1. The number of aromatic nitrogens is 1. The molecule has 0 fully saturated rings. The van der Waals surface area contributed by atoms with Crippen LogP contribution in [0, 0.1) is 11.3 Å². The van der Waals surface area contributed by atoms with E-state index in [0.29, 0.717) is 15.7 Å². The highest BCUT2D eigenvalue weighted by atomic mass is 79.9. The lowest BCUT2D eigenvalue weighted by Gasteiger charge is -2.07. The molecule has 2 N–H and O–H groups in total. The summed E-state index contributed by atoms with van der Waals surface area (Å²) in [4.78, 5) is 3.98. The molecule has 0 saturated carbocycles. The molecule has 0 aliphatic carbocycles. The maximum absolute atomic E-state index is 12.4. The summed E-state index contributed by atoms with van der Waals surface area (Å²) in [6.07, 6.45) is 1.42. The van der Waals surface area contributed by atoms with Gasteiger partial charge in [0, 0.05) is 16.4 Å². The normalized spacial score (nSPS) is 11.0. The third-order valence-electron chi connectivity index (χ3n) is 2.59. The smallest absolute Gasteiger partial charge is 0.183 e. The van der Waals surface area contributed by atoms with Crippen molar-refractivity contribution in [1.29, 1.82) is 5.26 Å². The van der Waals surface area contributed by atoms with Gasteiger partial charge in [0.15, 0.2) is 9.84 Å². The SMILES string of the molecule is N#Cc1cc(CS(=O)(=O)c2ccc(N)cc2Br)ccn1. The van der Waals surface area contributed by atoms with Crippen molar-refractivity contribution in [3.63, 3.8) is 0 Å². The van der Waals surface area contributed by atoms with Gasteiger partial charge in [0.2, 0.25) is 0 Å². The van der Waals surface area contributed by atoms with E-state index in [2.05, 4.69) is 20.9 Å². The highest BCUT2D eigenvalue weighted by Crippen LogP contribution is 2.27. The molecular formula is C13H10BrN3O2S. The molecule has 0 atom stereocenters. The van der Waals surface area contributed by atoms with E-state index in [0.717, 1.165) is 0 Å². The van der Waals surface area contributed by atoms with Crippen LogP contribution in [0.5, 0.6) is 0 Å². The summed E-state index contributed by atoms with van der Waals surface area (Å²) in [6.45, 7) is 0. The fraction of sp³-hybridized carbons (Fsp3) is 0.0769. The van der Waals surface area contributed by atoms with Crippen molar-refractivity contribution in [1.82, 2.24) is 4.98 Å². The minimum atomic E-state index is -3.53. The summed E-state index contributed by atoms with van der Waals surface area (Å²) in [5, 5.41) is 8.77. The summed E-state index contributed by atoms with van der Waals surface area (Å²) < 4.78 is 25.1. The predicted molar refractivity (Wildman–Crippen MR) is 78.4 cm³/mol. The number of sulfone groups is 1. The Bertz CT molecular complexity index is 798. The molecule has 5 nitrogen and oxygen atoms in total. The highest BCUT2D eigenvalue weighted by Gasteiger charge is 2.19. The first-order valence-corrected chi connectivity index (χ1v) is 8.00. The number of nitrogens with zero attached hydrogens (tertiary/aromatic N) is 2. The second-order valence-electron chi connectivity index (χ2n) is 4.11. The number of hydrogen-bond donors (Lipinski definition) is 1. The van der Waals surface area contributed by atoms with Crippen molar-refractivity contribution in [2.24, 2.45) is 0 Å². The molecule has 20 heavy (non-hydrogen) atoms. The van der Waals surface area contributed by atoms with Gasteiger partial charge in [-0.25, -0.2) is 13.4 Å². The molecule has 1 heterocycles. The Labute approximate surface area is 125 Å². The van der Waals surface area contributed by atoms with Crippen LogP contribution < -0.4 is 5.73 Å². The van der Waals surface area contributed by atoms with E-state index < -0.39 is 9.84 Å². The Balaban J connectivity index is 2.38. The number of nitriles is 1. The summed E-state index contributed by atoms with van der Waals surface area (Å²) >= 11 is 3.20. The minimum Gasteiger partial charge on any atom is -0.399 e. The van der Waals surface area contributed by atoms with E-state index in [1.807, 2.05) is 6.07 Å². The van der Waals surface area contributed by atoms with Crippen LogP contribution in [0.3, 0.4) is 0 Å². The molecule has 7 heteroatoms. The zero-order valence-corrected chi connectivity index (χ0v) is 12.6. The van der Waals surface area contributed by atoms with Gasteiger partial charge in [-0.1, -0.05) is 0 Å². The van der Waals surface area contributed by atoms with Gasteiger partial charge in [-0.3, -0.25) is 0 Å². The van der Waals surface area contributed by atoms with E-state index in [9.17, 15) is 8.42 Å². The van der Waals surface area contributed by atoms with Crippen molar-refractivity contribution in [3.05, 3.63) is 52.3 Å². The van der Waals surface area contributed by atoms with Crippen LogP contribution in [0.2, 0.25) is 0 Å². The van der Waals surface area contributed by atoms with Crippen LogP contribution in [-0.4, -0.2) is 13.4 Å². The Kier molecular flexibility index (Phi) is 4.06. The molecule has 1 aromatic heterocycles. The standard InChI is InChI=1S/C13H10BrN3O2S/c14-12-6-10(16)1-2-13(12)20(18,19)8-9-3-4-17-11(5-9)7-15/h1-6H,8,16H2. The first kappa shape index (κ1) is 14.5. The van der Waals surface area contributed by atoms with Gasteiger partial charge in [0.25, 0.3) is 0 Å². The molecule has 2 rings (SSSR count). The third-order valence-corrected chi connectivity index (χ3v) is 5.24. The van der Waals surface area contributed by atoms with Gasteiger partial charge in [-0.15, -0.1) is 0 Å². The first-order chi connectivity index (χ1) is 9.42. The quantitative estimate of drug-likeness (QED) is 0.855. The summed E-state index contributed by atoms with van der Waals surface area (Å²) in [6, 6.07) is 9.45. The van der Waals surface area contributed by atoms with E-state index in [-0.39, 0.29) is 16.3 Å². The Morgan fingerprint density at radius 1 is 1.30 bits per heavy atom. The topological polar surface area (TPSA) is 96.8 Å². The van der Waals surface area contributed by atoms with Crippen molar-refractivity contribution in [3.8, 4) is 6.07 Å². The predicted octanol–water partition coefficient (Wildman–Crippen LogP) is 2.27. The lowest BCUT2D eigenvalue weighted by Crippen LogP contribution is -2.06. The number of hydrogen-bond acceptors (Lipinski definition) is 5. The van der Waals surface area contributed by atoms with Crippen molar-refractivity contribution >= 4 is 31.5 Å². The van der Waals surface area contributed by atoms with Gasteiger partial charge >= 0.3 is 0 Å². The van der Waals surface area contributed by atoms with Crippen LogP contribution >= 0.6 is 15.9 Å². The maximum Gasteiger partial charge on any atom is 0.183 e. The van der Waals surface area contributed by atoms with Crippen LogP contribution in [0.25, 0.3) is 0 Å². The summed E-state index contributed by atoms with van der Waals surface area (Å²) in [7, 11) is -3.53. The number of anilines is 1. The lowest BCUT2D eigenvalue weighted by atomic mass is 10.2. The average molecular weight is 352 g/mol.